The lowest BCUT2D eigenvalue weighted by molar-refractivity contribution is 0.0185. The summed E-state index contributed by atoms with van der Waals surface area (Å²) in [4.78, 5) is 0. The van der Waals surface area contributed by atoms with Crippen molar-refractivity contribution in [1.82, 2.24) is 0 Å². The molecule has 1 aliphatic heterocycles. The molecule has 9 heavy (non-hydrogen) atoms. The maximum Gasteiger partial charge on any atom is 0.103 e. The van der Waals surface area contributed by atoms with Gasteiger partial charge in [-0.15, -0.1) is 0 Å². The fourth-order valence-electron chi connectivity index (χ4n) is 0.785. The number of hydrogen-bond acceptors (Lipinski definition) is 3. The zero-order chi connectivity index (χ0) is 6.69. The van der Waals surface area contributed by atoms with E-state index in [1.807, 2.05) is 12.2 Å². The summed E-state index contributed by atoms with van der Waals surface area (Å²) in [7, 11) is 0. The predicted octanol–water partition coefficient (Wildman–Crippen LogP) is -0.739. The Kier molecular flexibility index (Phi) is 2.22. The summed E-state index contributed by atoms with van der Waals surface area (Å²) in [5.74, 6) is 0. The van der Waals surface area contributed by atoms with Crippen molar-refractivity contribution < 1.29 is 9.84 Å². The Balaban J connectivity index is 2.33. The zero-order valence-corrected chi connectivity index (χ0v) is 5.16. The molecule has 0 bridgehead atoms. The number of hydrogen-bond donors (Lipinski definition) is 2. The van der Waals surface area contributed by atoms with Gasteiger partial charge in [0.1, 0.15) is 6.10 Å². The molecular weight excluding hydrogens is 118 g/mol. The first-order valence-corrected chi connectivity index (χ1v) is 3.01. The highest BCUT2D eigenvalue weighted by molar-refractivity contribution is 4.99. The molecule has 0 aromatic carbocycles. The van der Waals surface area contributed by atoms with Crippen LogP contribution in [0.25, 0.3) is 0 Å². The van der Waals surface area contributed by atoms with E-state index >= 15 is 0 Å². The predicted molar refractivity (Wildman–Crippen MR) is 33.9 cm³/mol. The fourth-order valence-corrected chi connectivity index (χ4v) is 0.785. The number of ether oxygens (including phenoxy) is 1. The number of aliphatic hydroxyl groups is 1. The average molecular weight is 129 g/mol. The summed E-state index contributed by atoms with van der Waals surface area (Å²) >= 11 is 0. The van der Waals surface area contributed by atoms with Crippen molar-refractivity contribution in [3.05, 3.63) is 12.2 Å². The van der Waals surface area contributed by atoms with Gasteiger partial charge < -0.3 is 15.6 Å². The standard InChI is InChI=1S/C6H11NO2/c7-4-5(8)6-2-1-3-9-6/h1-2,5-6,8H,3-4,7H2/t5-,6+/m0/s1. The van der Waals surface area contributed by atoms with Gasteiger partial charge in [-0.25, -0.2) is 0 Å². The van der Waals surface area contributed by atoms with Gasteiger partial charge in [0.05, 0.1) is 12.7 Å². The summed E-state index contributed by atoms with van der Waals surface area (Å²) < 4.78 is 5.06. The van der Waals surface area contributed by atoms with E-state index in [4.69, 9.17) is 15.6 Å². The second kappa shape index (κ2) is 2.96. The third-order valence-electron chi connectivity index (χ3n) is 1.33. The molecule has 0 unspecified atom stereocenters. The van der Waals surface area contributed by atoms with Crippen LogP contribution < -0.4 is 5.73 Å². The summed E-state index contributed by atoms with van der Waals surface area (Å²) in [6, 6.07) is 0. The molecule has 0 fully saturated rings. The van der Waals surface area contributed by atoms with Gasteiger partial charge in [0.15, 0.2) is 0 Å². The van der Waals surface area contributed by atoms with Gasteiger partial charge >= 0.3 is 0 Å². The van der Waals surface area contributed by atoms with Crippen LogP contribution in [0.5, 0.6) is 0 Å². The molecule has 3 N–H and O–H groups in total. The molecule has 0 aromatic heterocycles. The number of rotatable bonds is 2. The summed E-state index contributed by atoms with van der Waals surface area (Å²) in [6.07, 6.45) is 3.00. The first kappa shape index (κ1) is 6.74. The molecule has 0 aliphatic carbocycles. The Bertz CT molecular complexity index is 114. The molecule has 3 nitrogen and oxygen atoms in total. The number of aliphatic hydroxyl groups excluding tert-OH is 1. The normalized spacial score (nSPS) is 28.9. The molecule has 0 saturated carbocycles. The van der Waals surface area contributed by atoms with Crippen LogP contribution in [0.15, 0.2) is 12.2 Å². The van der Waals surface area contributed by atoms with Gasteiger partial charge in [0.25, 0.3) is 0 Å². The molecule has 1 aliphatic rings. The first-order valence-electron chi connectivity index (χ1n) is 3.01. The van der Waals surface area contributed by atoms with Crippen molar-refractivity contribution in [2.24, 2.45) is 5.73 Å². The third kappa shape index (κ3) is 1.51. The molecule has 1 heterocycles. The minimum atomic E-state index is -0.538. The van der Waals surface area contributed by atoms with Gasteiger partial charge in [-0.05, 0) is 0 Å². The molecule has 0 radical (unpaired) electrons. The van der Waals surface area contributed by atoms with Gasteiger partial charge in [-0.2, -0.15) is 0 Å². The van der Waals surface area contributed by atoms with Crippen molar-refractivity contribution in [3.8, 4) is 0 Å². The maximum absolute atomic E-state index is 9.06. The van der Waals surface area contributed by atoms with Crippen molar-refractivity contribution in [3.63, 3.8) is 0 Å². The average Bonchev–Trinajstić information content (AvgIpc) is 2.37. The molecule has 2 atom stereocenters. The highest BCUT2D eigenvalue weighted by Gasteiger charge is 2.17. The van der Waals surface area contributed by atoms with Crippen LogP contribution >= 0.6 is 0 Å². The lowest BCUT2D eigenvalue weighted by Gasteiger charge is -2.13. The maximum atomic E-state index is 9.06. The smallest absolute Gasteiger partial charge is 0.103 e. The minimum Gasteiger partial charge on any atom is -0.389 e. The van der Waals surface area contributed by atoms with E-state index in [9.17, 15) is 0 Å². The van der Waals surface area contributed by atoms with Crippen LogP contribution in [0.1, 0.15) is 0 Å². The Morgan fingerprint density at radius 2 is 2.67 bits per heavy atom. The molecule has 0 spiro atoms. The molecule has 0 saturated heterocycles. The third-order valence-corrected chi connectivity index (χ3v) is 1.33. The molecular formula is C6H11NO2. The summed E-state index contributed by atoms with van der Waals surface area (Å²) in [5, 5.41) is 9.06. The van der Waals surface area contributed by atoms with Crippen molar-refractivity contribution in [2.45, 2.75) is 12.2 Å². The van der Waals surface area contributed by atoms with E-state index in [-0.39, 0.29) is 12.6 Å². The van der Waals surface area contributed by atoms with Crippen LogP contribution in [-0.4, -0.2) is 30.5 Å². The monoisotopic (exact) mass is 129 g/mol. The SMILES string of the molecule is NC[C@H](O)[C@H]1C=CCO1. The Hall–Kier alpha value is -0.380. The van der Waals surface area contributed by atoms with E-state index < -0.39 is 6.10 Å². The van der Waals surface area contributed by atoms with Crippen molar-refractivity contribution in [2.75, 3.05) is 13.2 Å². The van der Waals surface area contributed by atoms with E-state index in [0.717, 1.165) is 0 Å². The van der Waals surface area contributed by atoms with Gasteiger partial charge in [0, 0.05) is 6.54 Å². The van der Waals surface area contributed by atoms with E-state index in [0.29, 0.717) is 6.61 Å². The summed E-state index contributed by atoms with van der Waals surface area (Å²) in [6.45, 7) is 0.858. The topological polar surface area (TPSA) is 55.5 Å². The zero-order valence-electron chi connectivity index (χ0n) is 5.16. The van der Waals surface area contributed by atoms with Crippen LogP contribution in [0.3, 0.4) is 0 Å². The van der Waals surface area contributed by atoms with Crippen LogP contribution in [-0.2, 0) is 4.74 Å². The molecule has 52 valence electrons. The Morgan fingerprint density at radius 1 is 1.89 bits per heavy atom. The van der Waals surface area contributed by atoms with Crippen LogP contribution in [0.4, 0.5) is 0 Å². The van der Waals surface area contributed by atoms with E-state index in [2.05, 4.69) is 0 Å². The first-order chi connectivity index (χ1) is 4.34. The Morgan fingerprint density at radius 3 is 3.11 bits per heavy atom. The molecule has 1 rings (SSSR count). The second-order valence-electron chi connectivity index (χ2n) is 2.03. The van der Waals surface area contributed by atoms with Crippen molar-refractivity contribution >= 4 is 0 Å². The van der Waals surface area contributed by atoms with Gasteiger partial charge in [-0.1, -0.05) is 12.2 Å². The van der Waals surface area contributed by atoms with E-state index in [1.165, 1.54) is 0 Å². The highest BCUT2D eigenvalue weighted by Crippen LogP contribution is 2.06. The highest BCUT2D eigenvalue weighted by atomic mass is 16.5. The van der Waals surface area contributed by atoms with Gasteiger partial charge in [0.2, 0.25) is 0 Å². The molecule has 0 amide bonds. The molecule has 0 aromatic rings. The van der Waals surface area contributed by atoms with E-state index in [1.54, 1.807) is 0 Å². The lowest BCUT2D eigenvalue weighted by atomic mass is 10.2. The fraction of sp³-hybridized carbons (Fsp3) is 0.667. The number of nitrogens with two attached hydrogens (primary N) is 1. The quantitative estimate of drug-likeness (QED) is 0.483. The van der Waals surface area contributed by atoms with Crippen LogP contribution in [0.2, 0.25) is 0 Å². The van der Waals surface area contributed by atoms with Crippen LogP contribution in [0, 0.1) is 0 Å². The second-order valence-corrected chi connectivity index (χ2v) is 2.03. The largest absolute Gasteiger partial charge is 0.389 e. The minimum absolute atomic E-state index is 0.171. The van der Waals surface area contributed by atoms with Gasteiger partial charge in [-0.3, -0.25) is 0 Å². The summed E-state index contributed by atoms with van der Waals surface area (Å²) in [5.41, 5.74) is 5.19. The lowest BCUT2D eigenvalue weighted by Crippen LogP contribution is -2.32. The van der Waals surface area contributed by atoms with Crippen molar-refractivity contribution in [1.29, 1.82) is 0 Å². The molecule has 3 heteroatoms. The Labute approximate surface area is 54.1 Å².